The molecule has 0 unspecified atom stereocenters. The molecule has 1 saturated heterocycles. The van der Waals surface area contributed by atoms with E-state index < -0.39 is 0 Å². The van der Waals surface area contributed by atoms with Gasteiger partial charge in [-0.1, -0.05) is 13.8 Å². The maximum Gasteiger partial charge on any atom is 0.309 e. The zero-order valence-corrected chi connectivity index (χ0v) is 8.89. The van der Waals surface area contributed by atoms with Crippen molar-refractivity contribution in [1.82, 2.24) is 0 Å². The zero-order chi connectivity index (χ0) is 9.85. The van der Waals surface area contributed by atoms with Gasteiger partial charge in [0.2, 0.25) is 0 Å². The highest BCUT2D eigenvalue weighted by molar-refractivity contribution is 5.76. The predicted octanol–water partition coefficient (Wildman–Crippen LogP) is 2.37. The Morgan fingerprint density at radius 1 is 1.23 bits per heavy atom. The van der Waals surface area contributed by atoms with Gasteiger partial charge in [-0.15, -0.1) is 0 Å². The molecule has 1 saturated carbocycles. The van der Waals surface area contributed by atoms with Gasteiger partial charge in [0.1, 0.15) is 5.60 Å². The molecule has 0 aromatic carbocycles. The summed E-state index contributed by atoms with van der Waals surface area (Å²) in [5, 5.41) is 0. The van der Waals surface area contributed by atoms with Crippen LogP contribution in [0.15, 0.2) is 0 Å². The molecule has 0 bridgehead atoms. The van der Waals surface area contributed by atoms with Crippen molar-refractivity contribution < 1.29 is 9.53 Å². The second kappa shape index (κ2) is 2.28. The first-order chi connectivity index (χ1) is 5.82. The molecule has 13 heavy (non-hydrogen) atoms. The van der Waals surface area contributed by atoms with E-state index in [1.165, 1.54) is 0 Å². The van der Waals surface area contributed by atoms with E-state index in [0.29, 0.717) is 11.3 Å². The summed E-state index contributed by atoms with van der Waals surface area (Å²) in [4.78, 5) is 11.5. The van der Waals surface area contributed by atoms with Crippen molar-refractivity contribution in [2.24, 2.45) is 17.3 Å². The highest BCUT2D eigenvalue weighted by Gasteiger charge is 2.56. The molecule has 0 aromatic heterocycles. The van der Waals surface area contributed by atoms with Gasteiger partial charge >= 0.3 is 5.97 Å². The molecule has 0 spiro atoms. The van der Waals surface area contributed by atoms with Crippen molar-refractivity contribution in [3.05, 3.63) is 0 Å². The van der Waals surface area contributed by atoms with Gasteiger partial charge in [-0.05, 0) is 32.1 Å². The average Bonchev–Trinajstić information content (AvgIpc) is 2.32. The lowest BCUT2D eigenvalue weighted by atomic mass is 9.84. The Morgan fingerprint density at radius 2 is 1.85 bits per heavy atom. The molecular weight excluding hydrogens is 164 g/mol. The summed E-state index contributed by atoms with van der Waals surface area (Å²) in [6.45, 7) is 8.57. The molecule has 2 atom stereocenters. The quantitative estimate of drug-likeness (QED) is 0.538. The van der Waals surface area contributed by atoms with Crippen molar-refractivity contribution in [3.8, 4) is 0 Å². The summed E-state index contributed by atoms with van der Waals surface area (Å²) >= 11 is 0. The standard InChI is InChI=1S/C11H18O2/c1-10(2)5-7-8(6-10)11(3,4)13-9(7)12/h7-8H,5-6H2,1-4H3/t7-,8+/m0/s1. The van der Waals surface area contributed by atoms with Gasteiger partial charge in [-0.2, -0.15) is 0 Å². The third-order valence-electron chi connectivity index (χ3n) is 3.59. The van der Waals surface area contributed by atoms with Crippen molar-refractivity contribution in [2.45, 2.75) is 46.1 Å². The summed E-state index contributed by atoms with van der Waals surface area (Å²) in [6.07, 6.45) is 2.12. The first kappa shape index (κ1) is 9.04. The molecule has 2 nitrogen and oxygen atoms in total. The van der Waals surface area contributed by atoms with E-state index in [0.717, 1.165) is 12.8 Å². The van der Waals surface area contributed by atoms with Crippen molar-refractivity contribution in [2.75, 3.05) is 0 Å². The molecule has 2 rings (SSSR count). The number of hydrogen-bond donors (Lipinski definition) is 0. The molecule has 0 aromatic rings. The largest absolute Gasteiger partial charge is 0.459 e. The van der Waals surface area contributed by atoms with Gasteiger partial charge in [0.25, 0.3) is 0 Å². The Hall–Kier alpha value is -0.530. The van der Waals surface area contributed by atoms with Crippen LogP contribution in [0.5, 0.6) is 0 Å². The summed E-state index contributed by atoms with van der Waals surface area (Å²) in [5.41, 5.74) is 0.0988. The number of carbonyl (C=O) groups excluding carboxylic acids is 1. The molecule has 0 N–H and O–H groups in total. The summed E-state index contributed by atoms with van der Waals surface area (Å²) in [5.74, 6) is 0.639. The molecule has 0 amide bonds. The Bertz CT molecular complexity index is 253. The van der Waals surface area contributed by atoms with Crippen molar-refractivity contribution >= 4 is 5.97 Å². The summed E-state index contributed by atoms with van der Waals surface area (Å²) in [6, 6.07) is 0. The molecule has 2 heteroatoms. The third kappa shape index (κ3) is 1.27. The van der Waals surface area contributed by atoms with Crippen LogP contribution in [0, 0.1) is 17.3 Å². The Balaban J connectivity index is 2.28. The van der Waals surface area contributed by atoms with E-state index in [2.05, 4.69) is 13.8 Å². The lowest BCUT2D eigenvalue weighted by molar-refractivity contribution is -0.150. The number of esters is 1. The van der Waals surface area contributed by atoms with Crippen LogP contribution in [0.25, 0.3) is 0 Å². The van der Waals surface area contributed by atoms with Gasteiger partial charge in [0.05, 0.1) is 5.92 Å². The fraction of sp³-hybridized carbons (Fsp3) is 0.909. The van der Waals surface area contributed by atoms with Gasteiger partial charge in [0.15, 0.2) is 0 Å². The van der Waals surface area contributed by atoms with E-state index in [4.69, 9.17) is 4.74 Å². The van der Waals surface area contributed by atoms with Crippen LogP contribution in [0.4, 0.5) is 0 Å². The molecule has 0 radical (unpaired) electrons. The van der Waals surface area contributed by atoms with Crippen LogP contribution < -0.4 is 0 Å². The van der Waals surface area contributed by atoms with Gasteiger partial charge < -0.3 is 4.74 Å². The fourth-order valence-corrected chi connectivity index (χ4v) is 2.95. The highest BCUT2D eigenvalue weighted by atomic mass is 16.6. The minimum absolute atomic E-state index is 0.0283. The number of cyclic esters (lactones) is 1. The maximum absolute atomic E-state index is 11.5. The second-order valence-electron chi connectivity index (χ2n) is 5.81. The smallest absolute Gasteiger partial charge is 0.309 e. The molecule has 1 heterocycles. The fourth-order valence-electron chi connectivity index (χ4n) is 2.95. The Kier molecular flexibility index (Phi) is 1.59. The number of fused-ring (bicyclic) bond motifs is 1. The first-order valence-electron chi connectivity index (χ1n) is 5.05. The van der Waals surface area contributed by atoms with Crippen LogP contribution in [-0.4, -0.2) is 11.6 Å². The molecule has 1 aliphatic heterocycles. The van der Waals surface area contributed by atoms with Gasteiger partial charge in [-0.25, -0.2) is 0 Å². The van der Waals surface area contributed by atoms with Crippen LogP contribution in [0.3, 0.4) is 0 Å². The molecular formula is C11H18O2. The topological polar surface area (TPSA) is 26.3 Å². The summed E-state index contributed by atoms with van der Waals surface area (Å²) < 4.78 is 5.37. The van der Waals surface area contributed by atoms with Gasteiger partial charge in [-0.3, -0.25) is 4.79 Å². The van der Waals surface area contributed by atoms with Crippen LogP contribution in [0.1, 0.15) is 40.5 Å². The van der Waals surface area contributed by atoms with E-state index >= 15 is 0 Å². The normalized spacial score (nSPS) is 40.2. The molecule has 1 aliphatic carbocycles. The maximum atomic E-state index is 11.5. The minimum atomic E-state index is -0.227. The van der Waals surface area contributed by atoms with Gasteiger partial charge in [0, 0.05) is 5.92 Å². The molecule has 74 valence electrons. The van der Waals surface area contributed by atoms with E-state index in [9.17, 15) is 4.79 Å². The van der Waals surface area contributed by atoms with Crippen LogP contribution in [-0.2, 0) is 9.53 Å². The van der Waals surface area contributed by atoms with E-state index in [1.54, 1.807) is 0 Å². The Labute approximate surface area is 79.7 Å². The second-order valence-corrected chi connectivity index (χ2v) is 5.81. The molecule has 2 aliphatic rings. The third-order valence-corrected chi connectivity index (χ3v) is 3.59. The predicted molar refractivity (Wildman–Crippen MR) is 50.2 cm³/mol. The summed E-state index contributed by atoms with van der Waals surface area (Å²) in [7, 11) is 0. The van der Waals surface area contributed by atoms with Crippen molar-refractivity contribution in [3.63, 3.8) is 0 Å². The van der Waals surface area contributed by atoms with Crippen LogP contribution in [0.2, 0.25) is 0 Å². The van der Waals surface area contributed by atoms with Crippen LogP contribution >= 0.6 is 0 Å². The first-order valence-corrected chi connectivity index (χ1v) is 5.05. The SMILES string of the molecule is CC1(C)C[C@@H]2C(=O)OC(C)(C)[C@@H]2C1. The number of carbonyl (C=O) groups is 1. The molecule has 2 fully saturated rings. The van der Waals surface area contributed by atoms with E-state index in [-0.39, 0.29) is 17.5 Å². The average molecular weight is 182 g/mol. The highest BCUT2D eigenvalue weighted by Crippen LogP contribution is 2.54. The monoisotopic (exact) mass is 182 g/mol. The number of hydrogen-bond acceptors (Lipinski definition) is 2. The lowest BCUT2D eigenvalue weighted by Crippen LogP contribution is -2.28. The van der Waals surface area contributed by atoms with Crippen molar-refractivity contribution in [1.29, 1.82) is 0 Å². The Morgan fingerprint density at radius 3 is 2.38 bits per heavy atom. The zero-order valence-electron chi connectivity index (χ0n) is 8.89. The number of rotatable bonds is 0. The number of ether oxygens (including phenoxy) is 1. The minimum Gasteiger partial charge on any atom is -0.459 e. The van der Waals surface area contributed by atoms with E-state index in [1.807, 2.05) is 13.8 Å². The lowest BCUT2D eigenvalue weighted by Gasteiger charge is -2.26.